The lowest BCUT2D eigenvalue weighted by Crippen LogP contribution is -2.54. The molecule has 136 valence electrons. The van der Waals surface area contributed by atoms with E-state index in [4.69, 9.17) is 4.74 Å². The molecule has 0 spiro atoms. The van der Waals surface area contributed by atoms with E-state index in [-0.39, 0.29) is 5.60 Å². The van der Waals surface area contributed by atoms with Gasteiger partial charge in [0, 0.05) is 24.7 Å². The first-order chi connectivity index (χ1) is 10.7. The Morgan fingerprint density at radius 1 is 1.04 bits per heavy atom. The fourth-order valence-electron chi connectivity index (χ4n) is 4.14. The molecule has 0 amide bonds. The highest BCUT2D eigenvalue weighted by atomic mass is 16.5. The van der Waals surface area contributed by atoms with Crippen molar-refractivity contribution in [3.05, 3.63) is 0 Å². The van der Waals surface area contributed by atoms with E-state index in [1.54, 1.807) is 0 Å². The lowest BCUT2D eigenvalue weighted by Gasteiger charge is -2.48. The largest absolute Gasteiger partial charge is 0.373 e. The molecule has 2 aliphatic rings. The van der Waals surface area contributed by atoms with Gasteiger partial charge in [-0.3, -0.25) is 4.90 Å². The smallest absolute Gasteiger partial charge is 0.0612 e. The molecule has 0 bridgehead atoms. The summed E-state index contributed by atoms with van der Waals surface area (Å²) in [7, 11) is 0. The normalized spacial score (nSPS) is 27.9. The second kappa shape index (κ2) is 7.84. The van der Waals surface area contributed by atoms with E-state index in [9.17, 15) is 0 Å². The van der Waals surface area contributed by atoms with Crippen LogP contribution >= 0.6 is 0 Å². The maximum Gasteiger partial charge on any atom is 0.0612 e. The van der Waals surface area contributed by atoms with Gasteiger partial charge < -0.3 is 9.64 Å². The summed E-state index contributed by atoms with van der Waals surface area (Å²) < 4.78 is 6.13. The van der Waals surface area contributed by atoms with Crippen molar-refractivity contribution in [2.45, 2.75) is 104 Å². The molecule has 1 aliphatic carbocycles. The number of nitrogens with zero attached hydrogens (tertiary/aromatic N) is 2. The van der Waals surface area contributed by atoms with Gasteiger partial charge in [-0.15, -0.1) is 0 Å². The van der Waals surface area contributed by atoms with E-state index in [1.165, 1.54) is 45.3 Å². The summed E-state index contributed by atoms with van der Waals surface area (Å²) in [5.41, 5.74) is 0.00196. The highest BCUT2D eigenvalue weighted by Crippen LogP contribution is 2.34. The highest BCUT2D eigenvalue weighted by Gasteiger charge is 2.38. The first-order valence-electron chi connectivity index (χ1n) is 9.83. The van der Waals surface area contributed by atoms with Crippen LogP contribution in [0.25, 0.3) is 0 Å². The zero-order valence-corrected chi connectivity index (χ0v) is 16.6. The zero-order valence-electron chi connectivity index (χ0n) is 16.6. The van der Waals surface area contributed by atoms with Crippen molar-refractivity contribution in [1.82, 2.24) is 9.80 Å². The van der Waals surface area contributed by atoms with E-state index >= 15 is 0 Å². The number of rotatable bonds is 6. The van der Waals surface area contributed by atoms with Crippen LogP contribution in [0.5, 0.6) is 0 Å². The molecule has 1 aliphatic heterocycles. The number of ether oxygens (including phenoxy) is 1. The minimum Gasteiger partial charge on any atom is -0.373 e. The van der Waals surface area contributed by atoms with Gasteiger partial charge in [-0.05, 0) is 93.2 Å². The Kier molecular flexibility index (Phi) is 6.55. The molecular weight excluding hydrogens is 284 g/mol. The van der Waals surface area contributed by atoms with Crippen LogP contribution in [0.3, 0.4) is 0 Å². The molecule has 3 heteroatoms. The number of piperidine rings is 1. The highest BCUT2D eigenvalue weighted by molar-refractivity contribution is 4.92. The van der Waals surface area contributed by atoms with E-state index in [1.807, 2.05) is 0 Å². The first kappa shape index (κ1) is 19.2. The fraction of sp³-hybridized carbons (Fsp3) is 1.00. The quantitative estimate of drug-likeness (QED) is 0.729. The third-order valence-electron chi connectivity index (χ3n) is 5.57. The number of likely N-dealkylation sites (tertiary alicyclic amines) is 1. The van der Waals surface area contributed by atoms with Crippen molar-refractivity contribution in [2.24, 2.45) is 5.92 Å². The van der Waals surface area contributed by atoms with Gasteiger partial charge in [0.1, 0.15) is 0 Å². The van der Waals surface area contributed by atoms with E-state index in [2.05, 4.69) is 58.3 Å². The molecule has 2 fully saturated rings. The second-order valence-electron chi connectivity index (χ2n) is 9.34. The minimum absolute atomic E-state index is 0.00196. The average molecular weight is 325 g/mol. The molecule has 1 heterocycles. The predicted molar refractivity (Wildman–Crippen MR) is 98.9 cm³/mol. The van der Waals surface area contributed by atoms with Gasteiger partial charge in [-0.1, -0.05) is 0 Å². The maximum absolute atomic E-state index is 6.13. The standard InChI is InChI=1S/C20H40N2O/c1-15(2)21-10-8-17(9-11-21)14-22(16(3)4)18-12-19(13-18)23-20(5,6)7/h15-19H,8-14H2,1-7H3/t18-,19+. The van der Waals surface area contributed by atoms with Crippen LogP contribution in [0.2, 0.25) is 0 Å². The summed E-state index contributed by atoms with van der Waals surface area (Å²) in [5.74, 6) is 0.884. The maximum atomic E-state index is 6.13. The average Bonchev–Trinajstić information content (AvgIpc) is 2.39. The van der Waals surface area contributed by atoms with E-state index in [0.29, 0.717) is 18.2 Å². The Morgan fingerprint density at radius 2 is 1.61 bits per heavy atom. The van der Waals surface area contributed by atoms with Crippen LogP contribution in [0.1, 0.15) is 74.1 Å². The second-order valence-corrected chi connectivity index (χ2v) is 9.34. The molecule has 0 aromatic carbocycles. The SMILES string of the molecule is CC(C)N1CCC(CN(C(C)C)[C@H]2C[C@@H](OC(C)(C)C)C2)CC1. The van der Waals surface area contributed by atoms with Crippen LogP contribution in [0, 0.1) is 5.92 Å². The van der Waals surface area contributed by atoms with Crippen LogP contribution in [0.15, 0.2) is 0 Å². The molecule has 1 saturated heterocycles. The fourth-order valence-corrected chi connectivity index (χ4v) is 4.14. The van der Waals surface area contributed by atoms with Crippen molar-refractivity contribution in [3.8, 4) is 0 Å². The molecule has 1 saturated carbocycles. The summed E-state index contributed by atoms with van der Waals surface area (Å²) >= 11 is 0. The predicted octanol–water partition coefficient (Wildman–Crippen LogP) is 4.16. The Hall–Kier alpha value is -0.120. The van der Waals surface area contributed by atoms with Crippen molar-refractivity contribution >= 4 is 0 Å². The van der Waals surface area contributed by atoms with Crippen molar-refractivity contribution in [1.29, 1.82) is 0 Å². The number of hydrogen-bond donors (Lipinski definition) is 0. The third-order valence-corrected chi connectivity index (χ3v) is 5.57. The van der Waals surface area contributed by atoms with Gasteiger partial charge in [0.2, 0.25) is 0 Å². The Bertz CT molecular complexity index is 347. The summed E-state index contributed by atoms with van der Waals surface area (Å²) in [4.78, 5) is 5.39. The van der Waals surface area contributed by atoms with E-state index in [0.717, 1.165) is 12.0 Å². The van der Waals surface area contributed by atoms with Gasteiger partial charge in [0.15, 0.2) is 0 Å². The molecule has 23 heavy (non-hydrogen) atoms. The molecule has 0 radical (unpaired) electrons. The molecule has 0 aromatic rings. The first-order valence-corrected chi connectivity index (χ1v) is 9.83. The monoisotopic (exact) mass is 324 g/mol. The summed E-state index contributed by atoms with van der Waals surface area (Å²) in [6, 6.07) is 2.10. The van der Waals surface area contributed by atoms with Gasteiger partial charge >= 0.3 is 0 Å². The Morgan fingerprint density at radius 3 is 2.04 bits per heavy atom. The summed E-state index contributed by atoms with van der Waals surface area (Å²) in [6.07, 6.45) is 5.66. The molecule has 2 rings (SSSR count). The molecule has 3 nitrogen and oxygen atoms in total. The minimum atomic E-state index is 0.00196. The molecule has 0 aromatic heterocycles. The van der Waals surface area contributed by atoms with Crippen molar-refractivity contribution < 1.29 is 4.74 Å². The van der Waals surface area contributed by atoms with Crippen LogP contribution in [0.4, 0.5) is 0 Å². The summed E-state index contributed by atoms with van der Waals surface area (Å²) in [6.45, 7) is 19.7. The lowest BCUT2D eigenvalue weighted by atomic mass is 9.85. The summed E-state index contributed by atoms with van der Waals surface area (Å²) in [5, 5.41) is 0. The lowest BCUT2D eigenvalue weighted by molar-refractivity contribution is -0.125. The molecular formula is C20H40N2O. The topological polar surface area (TPSA) is 15.7 Å². The van der Waals surface area contributed by atoms with Crippen LogP contribution < -0.4 is 0 Å². The van der Waals surface area contributed by atoms with E-state index < -0.39 is 0 Å². The van der Waals surface area contributed by atoms with Crippen LogP contribution in [-0.2, 0) is 4.74 Å². The van der Waals surface area contributed by atoms with Gasteiger partial charge in [-0.25, -0.2) is 0 Å². The molecule has 0 unspecified atom stereocenters. The van der Waals surface area contributed by atoms with Gasteiger partial charge in [-0.2, -0.15) is 0 Å². The number of hydrogen-bond acceptors (Lipinski definition) is 3. The Labute approximate surface area is 144 Å². The zero-order chi connectivity index (χ0) is 17.2. The molecule has 0 atom stereocenters. The Balaban J connectivity index is 1.78. The van der Waals surface area contributed by atoms with Crippen LogP contribution in [-0.4, -0.2) is 59.3 Å². The van der Waals surface area contributed by atoms with Crippen molar-refractivity contribution in [2.75, 3.05) is 19.6 Å². The van der Waals surface area contributed by atoms with Crippen molar-refractivity contribution in [3.63, 3.8) is 0 Å². The molecule has 0 N–H and O–H groups in total. The van der Waals surface area contributed by atoms with Gasteiger partial charge in [0.25, 0.3) is 0 Å². The van der Waals surface area contributed by atoms with Gasteiger partial charge in [0.05, 0.1) is 11.7 Å². The third kappa shape index (κ3) is 5.72.